The number of amides is 1. The van der Waals surface area contributed by atoms with Crippen molar-refractivity contribution in [2.45, 2.75) is 26.7 Å². The Balaban J connectivity index is 1.60. The quantitative estimate of drug-likeness (QED) is 0.888. The number of aromatic nitrogens is 2. The van der Waals surface area contributed by atoms with Gasteiger partial charge in [0.05, 0.1) is 0 Å². The molecule has 3 heterocycles. The van der Waals surface area contributed by atoms with Gasteiger partial charge in [0, 0.05) is 19.2 Å². The van der Waals surface area contributed by atoms with E-state index in [9.17, 15) is 4.79 Å². The maximum absolute atomic E-state index is 12.6. The minimum Gasteiger partial charge on any atom is -0.460 e. The molecule has 0 spiro atoms. The lowest BCUT2D eigenvalue weighted by molar-refractivity contribution is 0.0684. The number of likely N-dealkylation sites (tertiary alicyclic amines) is 1. The Hall–Kier alpha value is -2.08. The molecule has 1 aliphatic heterocycles. The van der Waals surface area contributed by atoms with Crippen LogP contribution in [0.5, 0.6) is 0 Å². The van der Waals surface area contributed by atoms with Crippen molar-refractivity contribution < 1.29 is 9.21 Å². The summed E-state index contributed by atoms with van der Waals surface area (Å²) < 4.78 is 5.56. The number of H-pyrrole nitrogens is 1. The van der Waals surface area contributed by atoms with Crippen LogP contribution in [0.1, 0.15) is 36.0 Å². The molecule has 1 fully saturated rings. The van der Waals surface area contributed by atoms with E-state index in [-0.39, 0.29) is 5.91 Å². The van der Waals surface area contributed by atoms with Gasteiger partial charge in [-0.15, -0.1) is 0 Å². The largest absolute Gasteiger partial charge is 0.460 e. The fourth-order valence-electron chi connectivity index (χ4n) is 2.99. The van der Waals surface area contributed by atoms with Crippen LogP contribution in [-0.2, 0) is 0 Å². The van der Waals surface area contributed by atoms with Gasteiger partial charge in [0.25, 0.3) is 5.91 Å². The number of nitrogens with zero attached hydrogens (tertiary/aromatic N) is 2. The van der Waals surface area contributed by atoms with E-state index in [2.05, 4.69) is 22.4 Å². The highest BCUT2D eigenvalue weighted by Gasteiger charge is 2.25. The zero-order valence-electron chi connectivity index (χ0n) is 13.8. The predicted octanol–water partition coefficient (Wildman–Crippen LogP) is 2.44. The molecule has 0 bridgehead atoms. The summed E-state index contributed by atoms with van der Waals surface area (Å²) in [5.41, 5.74) is 1.20. The zero-order valence-corrected chi connectivity index (χ0v) is 13.8. The molecular formula is C17H24N4O2. The number of rotatable bonds is 5. The lowest BCUT2D eigenvalue weighted by Gasteiger charge is -2.31. The van der Waals surface area contributed by atoms with E-state index >= 15 is 0 Å². The topological polar surface area (TPSA) is 74.2 Å². The molecule has 6 nitrogen and oxygen atoms in total. The Morgan fingerprint density at radius 3 is 2.87 bits per heavy atom. The molecule has 0 atom stereocenters. The molecule has 0 aromatic carbocycles. The van der Waals surface area contributed by atoms with Gasteiger partial charge in [0.2, 0.25) is 0 Å². The van der Waals surface area contributed by atoms with Gasteiger partial charge >= 0.3 is 0 Å². The van der Waals surface area contributed by atoms with Gasteiger partial charge in [0.1, 0.15) is 11.5 Å². The maximum atomic E-state index is 12.6. The van der Waals surface area contributed by atoms with E-state index in [0.717, 1.165) is 50.5 Å². The molecule has 6 heteroatoms. The first-order chi connectivity index (χ1) is 11.2. The van der Waals surface area contributed by atoms with E-state index in [0.29, 0.717) is 17.4 Å². The second-order valence-electron chi connectivity index (χ2n) is 6.12. The molecule has 2 aromatic heterocycles. The monoisotopic (exact) mass is 316 g/mol. The molecule has 124 valence electrons. The summed E-state index contributed by atoms with van der Waals surface area (Å²) >= 11 is 0. The van der Waals surface area contributed by atoms with Crippen LogP contribution in [0.4, 0.5) is 0 Å². The van der Waals surface area contributed by atoms with Crippen LogP contribution < -0.4 is 5.32 Å². The van der Waals surface area contributed by atoms with Gasteiger partial charge in [-0.3, -0.25) is 9.89 Å². The number of nitrogens with one attached hydrogen (secondary N) is 2. The van der Waals surface area contributed by atoms with Crippen molar-refractivity contribution in [3.8, 4) is 11.5 Å². The Morgan fingerprint density at radius 2 is 2.22 bits per heavy atom. The molecule has 0 saturated carbocycles. The van der Waals surface area contributed by atoms with Gasteiger partial charge in [-0.2, -0.15) is 5.10 Å². The first-order valence-corrected chi connectivity index (χ1v) is 8.29. The van der Waals surface area contributed by atoms with Crippen LogP contribution in [0.2, 0.25) is 0 Å². The Labute approximate surface area is 136 Å². The highest BCUT2D eigenvalue weighted by molar-refractivity contribution is 5.93. The van der Waals surface area contributed by atoms with Crippen molar-refractivity contribution in [1.29, 1.82) is 0 Å². The third-order valence-corrected chi connectivity index (χ3v) is 4.39. The molecule has 0 radical (unpaired) electrons. The van der Waals surface area contributed by atoms with Gasteiger partial charge in [-0.05, 0) is 50.9 Å². The molecule has 0 aliphatic carbocycles. The van der Waals surface area contributed by atoms with Crippen LogP contribution in [0.3, 0.4) is 0 Å². The van der Waals surface area contributed by atoms with E-state index in [1.54, 1.807) is 6.07 Å². The summed E-state index contributed by atoms with van der Waals surface area (Å²) in [7, 11) is 0. The minimum absolute atomic E-state index is 0.00215. The molecule has 1 aliphatic rings. The Morgan fingerprint density at radius 1 is 1.43 bits per heavy atom. The summed E-state index contributed by atoms with van der Waals surface area (Å²) in [5, 5.41) is 10.4. The van der Waals surface area contributed by atoms with Crippen LogP contribution >= 0.6 is 0 Å². The summed E-state index contributed by atoms with van der Waals surface area (Å²) in [5.74, 6) is 2.21. The maximum Gasteiger partial charge on any atom is 0.274 e. The highest BCUT2D eigenvalue weighted by atomic mass is 16.3. The molecule has 2 N–H and O–H groups in total. The summed E-state index contributed by atoms with van der Waals surface area (Å²) in [6.45, 7) is 7.66. The summed E-state index contributed by atoms with van der Waals surface area (Å²) in [6, 6.07) is 5.54. The number of piperidine rings is 1. The normalized spacial score (nSPS) is 16.0. The second kappa shape index (κ2) is 7.00. The van der Waals surface area contributed by atoms with E-state index in [4.69, 9.17) is 4.42 Å². The van der Waals surface area contributed by atoms with Crippen molar-refractivity contribution in [2.24, 2.45) is 5.92 Å². The number of aryl methyl sites for hydroxylation is 1. The van der Waals surface area contributed by atoms with Crippen molar-refractivity contribution in [2.75, 3.05) is 26.2 Å². The lowest BCUT2D eigenvalue weighted by atomic mass is 9.96. The SMILES string of the molecule is CCNCC1CCN(C(=O)c2cc(-c3ccc(C)o3)[nH]n2)CC1. The van der Waals surface area contributed by atoms with E-state index < -0.39 is 0 Å². The molecule has 3 rings (SSSR count). The van der Waals surface area contributed by atoms with Crippen LogP contribution in [0.25, 0.3) is 11.5 Å². The minimum atomic E-state index is -0.00215. The number of hydrogen-bond acceptors (Lipinski definition) is 4. The Bertz CT molecular complexity index is 653. The zero-order chi connectivity index (χ0) is 16.2. The number of furan rings is 1. The average Bonchev–Trinajstić information content (AvgIpc) is 3.21. The highest BCUT2D eigenvalue weighted by Crippen LogP contribution is 2.22. The fraction of sp³-hybridized carbons (Fsp3) is 0.529. The average molecular weight is 316 g/mol. The van der Waals surface area contributed by atoms with E-state index in [1.807, 2.05) is 24.0 Å². The van der Waals surface area contributed by atoms with Gasteiger partial charge < -0.3 is 14.6 Å². The first kappa shape index (κ1) is 15.8. The third kappa shape index (κ3) is 3.64. The molecule has 0 unspecified atom stereocenters. The smallest absolute Gasteiger partial charge is 0.274 e. The van der Waals surface area contributed by atoms with Gasteiger partial charge in [-0.1, -0.05) is 6.92 Å². The Kier molecular flexibility index (Phi) is 4.81. The third-order valence-electron chi connectivity index (χ3n) is 4.39. The van der Waals surface area contributed by atoms with Crippen LogP contribution in [-0.4, -0.2) is 47.2 Å². The lowest BCUT2D eigenvalue weighted by Crippen LogP contribution is -2.40. The van der Waals surface area contributed by atoms with Gasteiger partial charge in [0.15, 0.2) is 11.5 Å². The molecule has 23 heavy (non-hydrogen) atoms. The molecular weight excluding hydrogens is 292 g/mol. The summed E-state index contributed by atoms with van der Waals surface area (Å²) in [6.07, 6.45) is 2.10. The summed E-state index contributed by atoms with van der Waals surface area (Å²) in [4.78, 5) is 14.5. The van der Waals surface area contributed by atoms with Crippen molar-refractivity contribution in [1.82, 2.24) is 20.4 Å². The standard InChI is InChI=1S/C17H24N4O2/c1-3-18-11-13-6-8-21(9-7-13)17(22)15-10-14(19-20-15)16-5-4-12(2)23-16/h4-5,10,13,18H,3,6-9,11H2,1-2H3,(H,19,20). The van der Waals surface area contributed by atoms with E-state index in [1.165, 1.54) is 0 Å². The van der Waals surface area contributed by atoms with Crippen LogP contribution in [0, 0.1) is 12.8 Å². The molecule has 2 aromatic rings. The fourth-order valence-corrected chi connectivity index (χ4v) is 2.99. The van der Waals surface area contributed by atoms with Crippen molar-refractivity contribution >= 4 is 5.91 Å². The number of hydrogen-bond donors (Lipinski definition) is 2. The van der Waals surface area contributed by atoms with Crippen LogP contribution in [0.15, 0.2) is 22.6 Å². The number of carbonyl (C=O) groups excluding carboxylic acids is 1. The van der Waals surface area contributed by atoms with Gasteiger partial charge in [-0.25, -0.2) is 0 Å². The predicted molar refractivity (Wildman–Crippen MR) is 88.2 cm³/mol. The van der Waals surface area contributed by atoms with Crippen molar-refractivity contribution in [3.63, 3.8) is 0 Å². The first-order valence-electron chi connectivity index (χ1n) is 8.29. The number of carbonyl (C=O) groups is 1. The molecule has 1 amide bonds. The molecule has 1 saturated heterocycles. The number of aromatic amines is 1. The second-order valence-corrected chi connectivity index (χ2v) is 6.12. The van der Waals surface area contributed by atoms with Crippen molar-refractivity contribution in [3.05, 3.63) is 29.7 Å².